The number of carbonyl (C=O) groups is 1. The topological polar surface area (TPSA) is 50.4 Å². The highest BCUT2D eigenvalue weighted by Crippen LogP contribution is 2.28. The summed E-state index contributed by atoms with van der Waals surface area (Å²) in [7, 11) is 1.85. The zero-order chi connectivity index (χ0) is 14.3. The molecule has 0 aliphatic rings. The second kappa shape index (κ2) is 7.81. The summed E-state index contributed by atoms with van der Waals surface area (Å²) in [5, 5.41) is 6.41. The number of hydrogen-bond donors (Lipinski definition) is 2. The molecular weight excluding hydrogens is 264 g/mol. The summed E-state index contributed by atoms with van der Waals surface area (Å²) < 4.78 is 5.53. The molecule has 1 amide bonds. The Morgan fingerprint density at radius 2 is 2.32 bits per heavy atom. The lowest BCUT2D eigenvalue weighted by Crippen LogP contribution is -2.29. The first-order valence-electron chi connectivity index (χ1n) is 6.05. The zero-order valence-corrected chi connectivity index (χ0v) is 12.0. The lowest BCUT2D eigenvalue weighted by Gasteiger charge is -2.16. The molecular formula is C14H19ClN2O2. The van der Waals surface area contributed by atoms with Gasteiger partial charge in [0.25, 0.3) is 5.91 Å². The van der Waals surface area contributed by atoms with Crippen LogP contribution in [-0.2, 0) is 4.79 Å². The third-order valence-electron chi connectivity index (χ3n) is 2.67. The first-order valence-corrected chi connectivity index (χ1v) is 6.43. The van der Waals surface area contributed by atoms with Gasteiger partial charge in [-0.3, -0.25) is 4.79 Å². The molecule has 0 radical (unpaired) electrons. The molecule has 0 saturated carbocycles. The average molecular weight is 283 g/mol. The molecule has 1 aromatic carbocycles. The zero-order valence-electron chi connectivity index (χ0n) is 11.2. The first kappa shape index (κ1) is 15.5. The largest absolute Gasteiger partial charge is 0.483 e. The number of ether oxygens (including phenoxy) is 1. The fourth-order valence-electron chi connectivity index (χ4n) is 1.52. The first-order chi connectivity index (χ1) is 9.08. The van der Waals surface area contributed by atoms with E-state index >= 15 is 0 Å². The van der Waals surface area contributed by atoms with Gasteiger partial charge in [-0.25, -0.2) is 0 Å². The van der Waals surface area contributed by atoms with Crippen molar-refractivity contribution in [2.24, 2.45) is 0 Å². The summed E-state index contributed by atoms with van der Waals surface area (Å²) in [6, 6.07) is 5.43. The Bertz CT molecular complexity index is 449. The van der Waals surface area contributed by atoms with Crippen molar-refractivity contribution in [3.05, 3.63) is 41.4 Å². The maximum atomic E-state index is 11.5. The number of hydrogen-bond acceptors (Lipinski definition) is 3. The Balaban J connectivity index is 2.72. The van der Waals surface area contributed by atoms with Crippen LogP contribution in [0, 0.1) is 0 Å². The predicted octanol–water partition coefficient (Wildman–Crippen LogP) is 2.30. The van der Waals surface area contributed by atoms with Crippen LogP contribution in [0.15, 0.2) is 30.9 Å². The predicted molar refractivity (Wildman–Crippen MR) is 77.6 cm³/mol. The number of nitrogens with one attached hydrogen (secondary N) is 2. The third-order valence-corrected chi connectivity index (χ3v) is 2.91. The van der Waals surface area contributed by atoms with Crippen molar-refractivity contribution in [2.75, 3.05) is 20.2 Å². The van der Waals surface area contributed by atoms with E-state index in [1.165, 1.54) is 0 Å². The Morgan fingerprint density at radius 3 is 2.95 bits per heavy atom. The normalized spacial score (nSPS) is 11.7. The van der Waals surface area contributed by atoms with Crippen LogP contribution in [0.2, 0.25) is 5.02 Å². The molecule has 1 rings (SSSR count). The fourth-order valence-corrected chi connectivity index (χ4v) is 1.71. The number of rotatable bonds is 7. The van der Waals surface area contributed by atoms with Crippen molar-refractivity contribution in [3.8, 4) is 5.75 Å². The summed E-state index contributed by atoms with van der Waals surface area (Å²) in [6.45, 7) is 5.93. The minimum absolute atomic E-state index is 0.0289. The van der Waals surface area contributed by atoms with Crippen molar-refractivity contribution in [3.63, 3.8) is 0 Å². The van der Waals surface area contributed by atoms with Crippen LogP contribution in [0.1, 0.15) is 18.5 Å². The molecule has 0 bridgehead atoms. The SMILES string of the molecule is C=CCNC(=O)COc1ccc(Cl)cc1C(C)NC. The third kappa shape index (κ3) is 4.93. The van der Waals surface area contributed by atoms with Crippen LogP contribution in [0.5, 0.6) is 5.75 Å². The van der Waals surface area contributed by atoms with Gasteiger partial charge in [0.15, 0.2) is 6.61 Å². The maximum Gasteiger partial charge on any atom is 0.258 e. The van der Waals surface area contributed by atoms with Crippen LogP contribution < -0.4 is 15.4 Å². The molecule has 1 atom stereocenters. The highest BCUT2D eigenvalue weighted by molar-refractivity contribution is 6.30. The van der Waals surface area contributed by atoms with E-state index in [0.29, 0.717) is 17.3 Å². The van der Waals surface area contributed by atoms with E-state index in [1.807, 2.05) is 20.0 Å². The van der Waals surface area contributed by atoms with Crippen molar-refractivity contribution in [2.45, 2.75) is 13.0 Å². The van der Waals surface area contributed by atoms with Gasteiger partial charge in [-0.2, -0.15) is 0 Å². The van der Waals surface area contributed by atoms with Gasteiger partial charge in [-0.05, 0) is 32.2 Å². The molecule has 1 unspecified atom stereocenters. The Hall–Kier alpha value is -1.52. The molecule has 19 heavy (non-hydrogen) atoms. The fraction of sp³-hybridized carbons (Fsp3) is 0.357. The molecule has 0 aromatic heterocycles. The highest BCUT2D eigenvalue weighted by Gasteiger charge is 2.12. The number of benzene rings is 1. The summed E-state index contributed by atoms with van der Waals surface area (Å²) in [5.41, 5.74) is 0.923. The Kier molecular flexibility index (Phi) is 6.39. The molecule has 0 spiro atoms. The highest BCUT2D eigenvalue weighted by atomic mass is 35.5. The van der Waals surface area contributed by atoms with Gasteiger partial charge in [0.1, 0.15) is 5.75 Å². The minimum Gasteiger partial charge on any atom is -0.483 e. The van der Waals surface area contributed by atoms with Crippen LogP contribution in [-0.4, -0.2) is 26.1 Å². The van der Waals surface area contributed by atoms with Crippen molar-refractivity contribution in [1.82, 2.24) is 10.6 Å². The van der Waals surface area contributed by atoms with E-state index in [2.05, 4.69) is 17.2 Å². The van der Waals surface area contributed by atoms with E-state index in [-0.39, 0.29) is 18.6 Å². The molecule has 104 valence electrons. The maximum absolute atomic E-state index is 11.5. The summed E-state index contributed by atoms with van der Waals surface area (Å²) in [6.07, 6.45) is 1.62. The van der Waals surface area contributed by atoms with Gasteiger partial charge >= 0.3 is 0 Å². The summed E-state index contributed by atoms with van der Waals surface area (Å²) >= 11 is 5.98. The van der Waals surface area contributed by atoms with Crippen molar-refractivity contribution >= 4 is 17.5 Å². The lowest BCUT2D eigenvalue weighted by atomic mass is 10.1. The number of halogens is 1. The van der Waals surface area contributed by atoms with Crippen LogP contribution in [0.25, 0.3) is 0 Å². The molecule has 0 aliphatic heterocycles. The monoisotopic (exact) mass is 282 g/mol. The summed E-state index contributed by atoms with van der Waals surface area (Å²) in [4.78, 5) is 11.5. The molecule has 0 saturated heterocycles. The number of amides is 1. The van der Waals surface area contributed by atoms with Gasteiger partial charge < -0.3 is 15.4 Å². The van der Waals surface area contributed by atoms with Crippen LogP contribution in [0.4, 0.5) is 0 Å². The van der Waals surface area contributed by atoms with E-state index in [9.17, 15) is 4.79 Å². The quantitative estimate of drug-likeness (QED) is 0.755. The second-order valence-corrected chi connectivity index (χ2v) is 4.51. The number of carbonyl (C=O) groups excluding carboxylic acids is 1. The minimum atomic E-state index is -0.182. The van der Waals surface area contributed by atoms with Gasteiger partial charge in [0.2, 0.25) is 0 Å². The van der Waals surface area contributed by atoms with Crippen molar-refractivity contribution < 1.29 is 9.53 Å². The molecule has 0 aliphatic carbocycles. The van der Waals surface area contributed by atoms with Crippen LogP contribution in [0.3, 0.4) is 0 Å². The van der Waals surface area contributed by atoms with Gasteiger partial charge in [0.05, 0.1) is 0 Å². The molecule has 0 fully saturated rings. The van der Waals surface area contributed by atoms with Gasteiger partial charge in [0, 0.05) is 23.2 Å². The van der Waals surface area contributed by atoms with E-state index < -0.39 is 0 Å². The van der Waals surface area contributed by atoms with Gasteiger partial charge in [-0.15, -0.1) is 6.58 Å². The molecule has 2 N–H and O–H groups in total. The molecule has 1 aromatic rings. The Labute approximate surface area is 118 Å². The van der Waals surface area contributed by atoms with E-state index in [1.54, 1.807) is 18.2 Å². The summed E-state index contributed by atoms with van der Waals surface area (Å²) in [5.74, 6) is 0.470. The van der Waals surface area contributed by atoms with E-state index in [4.69, 9.17) is 16.3 Å². The van der Waals surface area contributed by atoms with Crippen LogP contribution >= 0.6 is 11.6 Å². The lowest BCUT2D eigenvalue weighted by molar-refractivity contribution is -0.122. The Morgan fingerprint density at radius 1 is 1.58 bits per heavy atom. The molecule has 0 heterocycles. The standard InChI is InChI=1S/C14H19ClN2O2/c1-4-7-17-14(18)9-19-13-6-5-11(15)8-12(13)10(2)16-3/h4-6,8,10,16H,1,7,9H2,2-3H3,(H,17,18). The van der Waals surface area contributed by atoms with Gasteiger partial charge in [-0.1, -0.05) is 17.7 Å². The average Bonchev–Trinajstić information content (AvgIpc) is 2.42. The second-order valence-electron chi connectivity index (χ2n) is 4.07. The van der Waals surface area contributed by atoms with E-state index in [0.717, 1.165) is 5.56 Å². The van der Waals surface area contributed by atoms with Crippen molar-refractivity contribution in [1.29, 1.82) is 0 Å². The smallest absolute Gasteiger partial charge is 0.258 e. The molecule has 4 nitrogen and oxygen atoms in total. The molecule has 5 heteroatoms.